The van der Waals surface area contributed by atoms with Gasteiger partial charge in [0.1, 0.15) is 5.82 Å². The Hall–Kier alpha value is -1.62. The van der Waals surface area contributed by atoms with Crippen molar-refractivity contribution in [3.05, 3.63) is 29.6 Å². The third kappa shape index (κ3) is 3.78. The maximum atomic E-state index is 14.9. The summed E-state index contributed by atoms with van der Waals surface area (Å²) in [5, 5.41) is 3.22. The molecule has 1 saturated carbocycles. The molecule has 1 amide bonds. The molecule has 5 heteroatoms. The standard InChI is InChI=1S/C23H33FN2O2/c1-15-6-8-18-21(12-15)28-22(14-23(18,3)25-16(2)27)17-7-9-20(19(24)13-17)26-10-4-5-11-26/h7,9,13,15,18,21-22H,4-6,8,10-12,14H2,1-3H3,(H,25,27)/t15-,18-,21-,22-,23-/m1/s1. The zero-order valence-corrected chi connectivity index (χ0v) is 17.3. The number of nitrogens with one attached hydrogen (secondary N) is 1. The van der Waals surface area contributed by atoms with Gasteiger partial charge in [-0.3, -0.25) is 4.79 Å². The van der Waals surface area contributed by atoms with Crippen molar-refractivity contribution < 1.29 is 13.9 Å². The molecule has 0 aromatic heterocycles. The molecule has 0 bridgehead atoms. The SMILES string of the molecule is CC(=O)N[C@]1(C)C[C@H](c2ccc(N3CCCC3)c(F)c2)O[C@@H]2C[C@H](C)CC[C@H]21. The summed E-state index contributed by atoms with van der Waals surface area (Å²) >= 11 is 0. The van der Waals surface area contributed by atoms with Gasteiger partial charge in [0.2, 0.25) is 5.91 Å². The smallest absolute Gasteiger partial charge is 0.217 e. The second-order valence-electron chi connectivity index (χ2n) is 9.40. The number of halogens is 1. The van der Waals surface area contributed by atoms with Crippen molar-refractivity contribution in [2.45, 2.75) is 77.0 Å². The van der Waals surface area contributed by atoms with Crippen molar-refractivity contribution in [1.82, 2.24) is 5.32 Å². The van der Waals surface area contributed by atoms with Crippen molar-refractivity contribution in [2.75, 3.05) is 18.0 Å². The highest BCUT2D eigenvalue weighted by molar-refractivity contribution is 5.73. The van der Waals surface area contributed by atoms with Gasteiger partial charge in [0.05, 0.1) is 17.9 Å². The number of anilines is 1. The van der Waals surface area contributed by atoms with Crippen LogP contribution in [0.25, 0.3) is 0 Å². The Morgan fingerprint density at radius 2 is 2.04 bits per heavy atom. The number of rotatable bonds is 3. The molecule has 4 rings (SSSR count). The van der Waals surface area contributed by atoms with Crippen LogP contribution < -0.4 is 10.2 Å². The first-order valence-corrected chi connectivity index (χ1v) is 10.8. The molecular weight excluding hydrogens is 355 g/mol. The minimum Gasteiger partial charge on any atom is -0.370 e. The molecule has 0 unspecified atom stereocenters. The average molecular weight is 389 g/mol. The number of benzene rings is 1. The number of carbonyl (C=O) groups excluding carboxylic acids is 1. The van der Waals surface area contributed by atoms with E-state index in [1.807, 2.05) is 12.1 Å². The van der Waals surface area contributed by atoms with Gasteiger partial charge in [0.25, 0.3) is 0 Å². The summed E-state index contributed by atoms with van der Waals surface area (Å²) in [4.78, 5) is 14.1. The fourth-order valence-electron chi connectivity index (χ4n) is 5.68. The van der Waals surface area contributed by atoms with Crippen LogP contribution in [0, 0.1) is 17.7 Å². The van der Waals surface area contributed by atoms with Crippen LogP contribution in [0.15, 0.2) is 18.2 Å². The summed E-state index contributed by atoms with van der Waals surface area (Å²) in [7, 11) is 0. The summed E-state index contributed by atoms with van der Waals surface area (Å²) < 4.78 is 21.4. The predicted octanol–water partition coefficient (Wildman–Crippen LogP) is 4.59. The molecule has 3 fully saturated rings. The van der Waals surface area contributed by atoms with Crippen molar-refractivity contribution in [1.29, 1.82) is 0 Å². The van der Waals surface area contributed by atoms with E-state index in [4.69, 9.17) is 4.74 Å². The van der Waals surface area contributed by atoms with Gasteiger partial charge in [-0.15, -0.1) is 0 Å². The van der Waals surface area contributed by atoms with Gasteiger partial charge in [-0.25, -0.2) is 4.39 Å². The molecule has 1 N–H and O–H groups in total. The third-order valence-corrected chi connectivity index (χ3v) is 7.07. The topological polar surface area (TPSA) is 41.6 Å². The highest BCUT2D eigenvalue weighted by Gasteiger charge is 2.49. The number of ether oxygens (including phenoxy) is 1. The van der Waals surface area contributed by atoms with Crippen molar-refractivity contribution >= 4 is 11.6 Å². The summed E-state index contributed by atoms with van der Waals surface area (Å²) in [5.74, 6) is 0.771. The number of fused-ring (bicyclic) bond motifs is 1. The Labute approximate surface area is 167 Å². The minimum absolute atomic E-state index is 0.00363. The van der Waals surface area contributed by atoms with E-state index in [-0.39, 0.29) is 29.5 Å². The molecule has 1 aliphatic carbocycles. The summed E-state index contributed by atoms with van der Waals surface area (Å²) in [6.45, 7) is 7.85. The van der Waals surface area contributed by atoms with Crippen LogP contribution in [0.1, 0.15) is 71.0 Å². The number of amides is 1. The summed E-state index contributed by atoms with van der Waals surface area (Å²) in [6.07, 6.45) is 6.11. The maximum Gasteiger partial charge on any atom is 0.217 e. The van der Waals surface area contributed by atoms with Crippen molar-refractivity contribution in [3.8, 4) is 0 Å². The Morgan fingerprint density at radius 1 is 1.29 bits per heavy atom. The highest BCUT2D eigenvalue weighted by Crippen LogP contribution is 2.48. The van der Waals surface area contributed by atoms with E-state index in [2.05, 4.69) is 24.1 Å². The first-order valence-electron chi connectivity index (χ1n) is 10.8. The van der Waals surface area contributed by atoms with E-state index in [0.29, 0.717) is 23.9 Å². The van der Waals surface area contributed by atoms with Crippen LogP contribution in [-0.2, 0) is 9.53 Å². The predicted molar refractivity (Wildman–Crippen MR) is 109 cm³/mol. The van der Waals surface area contributed by atoms with Gasteiger partial charge in [-0.1, -0.05) is 19.4 Å². The lowest BCUT2D eigenvalue weighted by molar-refractivity contribution is -0.153. The zero-order chi connectivity index (χ0) is 19.9. The van der Waals surface area contributed by atoms with Gasteiger partial charge < -0.3 is 15.0 Å². The lowest BCUT2D eigenvalue weighted by Crippen LogP contribution is -2.60. The van der Waals surface area contributed by atoms with Gasteiger partial charge in [0.15, 0.2) is 0 Å². The molecule has 28 heavy (non-hydrogen) atoms. The van der Waals surface area contributed by atoms with Crippen LogP contribution in [0.5, 0.6) is 0 Å². The Morgan fingerprint density at radius 3 is 2.71 bits per heavy atom. The summed E-state index contributed by atoms with van der Waals surface area (Å²) in [6, 6.07) is 5.58. The van der Waals surface area contributed by atoms with Gasteiger partial charge in [-0.05, 0) is 56.2 Å². The van der Waals surface area contributed by atoms with Crippen LogP contribution in [-0.4, -0.2) is 30.6 Å². The number of nitrogens with zero attached hydrogens (tertiary/aromatic N) is 1. The number of hydrogen-bond acceptors (Lipinski definition) is 3. The molecule has 4 nitrogen and oxygen atoms in total. The Bertz CT molecular complexity index is 733. The zero-order valence-electron chi connectivity index (χ0n) is 17.3. The Kier molecular flexibility index (Phi) is 5.38. The molecule has 1 aromatic carbocycles. The van der Waals surface area contributed by atoms with E-state index in [9.17, 15) is 9.18 Å². The average Bonchev–Trinajstić information content (AvgIpc) is 3.14. The van der Waals surface area contributed by atoms with Gasteiger partial charge in [0, 0.05) is 37.9 Å². The van der Waals surface area contributed by atoms with Crippen molar-refractivity contribution in [2.24, 2.45) is 11.8 Å². The Balaban J connectivity index is 1.60. The number of hydrogen-bond donors (Lipinski definition) is 1. The summed E-state index contributed by atoms with van der Waals surface area (Å²) in [5.41, 5.74) is 1.27. The second kappa shape index (κ2) is 7.66. The van der Waals surface area contributed by atoms with E-state index < -0.39 is 0 Å². The first kappa shape index (κ1) is 19.7. The fraction of sp³-hybridized carbons (Fsp3) is 0.696. The maximum absolute atomic E-state index is 14.9. The van der Waals surface area contributed by atoms with Gasteiger partial charge in [-0.2, -0.15) is 0 Å². The minimum atomic E-state index is -0.316. The van der Waals surface area contributed by atoms with Crippen LogP contribution in [0.3, 0.4) is 0 Å². The van der Waals surface area contributed by atoms with Crippen LogP contribution >= 0.6 is 0 Å². The normalized spacial score (nSPS) is 35.5. The molecule has 5 atom stereocenters. The van der Waals surface area contributed by atoms with Crippen LogP contribution in [0.2, 0.25) is 0 Å². The van der Waals surface area contributed by atoms with E-state index in [1.54, 1.807) is 13.0 Å². The molecule has 2 aliphatic heterocycles. The van der Waals surface area contributed by atoms with E-state index in [1.165, 1.54) is 6.42 Å². The highest BCUT2D eigenvalue weighted by atomic mass is 19.1. The molecule has 0 radical (unpaired) electrons. The molecule has 3 aliphatic rings. The monoisotopic (exact) mass is 388 g/mol. The molecule has 1 aromatic rings. The molecular formula is C23H33FN2O2. The quantitative estimate of drug-likeness (QED) is 0.824. The molecule has 2 heterocycles. The van der Waals surface area contributed by atoms with Crippen molar-refractivity contribution in [3.63, 3.8) is 0 Å². The second-order valence-corrected chi connectivity index (χ2v) is 9.40. The molecule has 154 valence electrons. The van der Waals surface area contributed by atoms with Crippen LogP contribution in [0.4, 0.5) is 10.1 Å². The van der Waals surface area contributed by atoms with Gasteiger partial charge >= 0.3 is 0 Å². The molecule has 0 spiro atoms. The van der Waals surface area contributed by atoms with E-state index in [0.717, 1.165) is 44.3 Å². The largest absolute Gasteiger partial charge is 0.370 e. The molecule has 2 saturated heterocycles. The first-order chi connectivity index (χ1) is 13.4. The van der Waals surface area contributed by atoms with E-state index >= 15 is 0 Å². The number of carbonyl (C=O) groups is 1. The lowest BCUT2D eigenvalue weighted by atomic mass is 9.66. The lowest BCUT2D eigenvalue weighted by Gasteiger charge is -2.52. The fourth-order valence-corrected chi connectivity index (χ4v) is 5.68. The third-order valence-electron chi connectivity index (χ3n) is 7.07.